The van der Waals surface area contributed by atoms with Gasteiger partial charge in [-0.25, -0.2) is 8.78 Å². The Kier molecular flexibility index (Phi) is 3.87. The molecule has 0 aliphatic carbocycles. The van der Waals surface area contributed by atoms with Gasteiger partial charge < -0.3 is 10.4 Å². The number of carbonyl (C=O) groups is 1. The van der Waals surface area contributed by atoms with Crippen molar-refractivity contribution in [2.75, 3.05) is 18.1 Å². The molecule has 1 fully saturated rings. The molecule has 1 amide bonds. The number of rotatable bonds is 3. The summed E-state index contributed by atoms with van der Waals surface area (Å²) in [5.41, 5.74) is -1.58. The van der Waals surface area contributed by atoms with Crippen molar-refractivity contribution < 1.29 is 18.7 Å². The summed E-state index contributed by atoms with van der Waals surface area (Å²) in [6.07, 6.45) is 0.567. The number of hydrogen-bond donors (Lipinski definition) is 2. The second-order valence-electron chi connectivity index (χ2n) is 4.31. The summed E-state index contributed by atoms with van der Waals surface area (Å²) in [7, 11) is 0. The zero-order valence-electron chi connectivity index (χ0n) is 9.58. The van der Waals surface area contributed by atoms with Crippen molar-refractivity contribution >= 4 is 17.7 Å². The highest BCUT2D eigenvalue weighted by Gasteiger charge is 2.32. The van der Waals surface area contributed by atoms with Crippen LogP contribution in [0.15, 0.2) is 18.2 Å². The van der Waals surface area contributed by atoms with Gasteiger partial charge in [0.15, 0.2) is 0 Å². The van der Waals surface area contributed by atoms with Crippen molar-refractivity contribution in [3.63, 3.8) is 0 Å². The molecular formula is C12H13F2NO2S. The zero-order chi connectivity index (χ0) is 13.2. The number of thioether (sulfide) groups is 1. The van der Waals surface area contributed by atoms with Crippen LogP contribution in [0.25, 0.3) is 0 Å². The van der Waals surface area contributed by atoms with Crippen molar-refractivity contribution in [2.24, 2.45) is 0 Å². The van der Waals surface area contributed by atoms with E-state index in [9.17, 15) is 18.7 Å². The van der Waals surface area contributed by atoms with Crippen molar-refractivity contribution in [2.45, 2.75) is 12.0 Å². The third kappa shape index (κ3) is 2.81. The van der Waals surface area contributed by atoms with E-state index in [0.29, 0.717) is 12.2 Å². The first-order valence-corrected chi connectivity index (χ1v) is 6.70. The standard InChI is InChI=1S/C12H13F2NO2S/c13-8-2-1-3-9(14)10(8)11(16)15-6-12(17)4-5-18-7-12/h1-3,17H,4-7H2,(H,15,16). The topological polar surface area (TPSA) is 49.3 Å². The van der Waals surface area contributed by atoms with Gasteiger partial charge in [-0.15, -0.1) is 0 Å². The van der Waals surface area contributed by atoms with Gasteiger partial charge >= 0.3 is 0 Å². The molecule has 1 atom stereocenters. The Morgan fingerprint density at radius 2 is 2.11 bits per heavy atom. The number of nitrogens with one attached hydrogen (secondary N) is 1. The Bertz CT molecular complexity index is 441. The molecule has 18 heavy (non-hydrogen) atoms. The quantitative estimate of drug-likeness (QED) is 0.878. The van der Waals surface area contributed by atoms with Crippen LogP contribution in [0.3, 0.4) is 0 Å². The van der Waals surface area contributed by atoms with Crippen LogP contribution in [0.2, 0.25) is 0 Å². The maximum Gasteiger partial charge on any atom is 0.257 e. The van der Waals surface area contributed by atoms with Crippen molar-refractivity contribution in [3.8, 4) is 0 Å². The van der Waals surface area contributed by atoms with E-state index < -0.39 is 28.7 Å². The minimum atomic E-state index is -0.970. The van der Waals surface area contributed by atoms with Gasteiger partial charge in [0.2, 0.25) is 0 Å². The van der Waals surface area contributed by atoms with E-state index >= 15 is 0 Å². The Balaban J connectivity index is 2.04. The Morgan fingerprint density at radius 3 is 2.67 bits per heavy atom. The first-order chi connectivity index (χ1) is 8.52. The van der Waals surface area contributed by atoms with Crippen molar-refractivity contribution in [1.29, 1.82) is 0 Å². The summed E-state index contributed by atoms with van der Waals surface area (Å²) < 4.78 is 26.7. The van der Waals surface area contributed by atoms with Crippen LogP contribution in [0.4, 0.5) is 8.78 Å². The molecule has 3 nitrogen and oxygen atoms in total. The highest BCUT2D eigenvalue weighted by molar-refractivity contribution is 7.99. The highest BCUT2D eigenvalue weighted by Crippen LogP contribution is 2.27. The van der Waals surface area contributed by atoms with Gasteiger partial charge in [-0.2, -0.15) is 11.8 Å². The first-order valence-electron chi connectivity index (χ1n) is 5.54. The van der Waals surface area contributed by atoms with E-state index in [4.69, 9.17) is 0 Å². The Hall–Kier alpha value is -1.14. The number of amides is 1. The summed E-state index contributed by atoms with van der Waals surface area (Å²) in [5.74, 6) is -1.30. The molecule has 98 valence electrons. The van der Waals surface area contributed by atoms with Crippen LogP contribution >= 0.6 is 11.8 Å². The SMILES string of the molecule is O=C(NCC1(O)CCSC1)c1c(F)cccc1F. The number of hydrogen-bond acceptors (Lipinski definition) is 3. The molecule has 1 unspecified atom stereocenters. The third-order valence-electron chi connectivity index (χ3n) is 2.85. The van der Waals surface area contributed by atoms with Gasteiger partial charge in [-0.3, -0.25) is 4.79 Å². The molecule has 0 radical (unpaired) electrons. The van der Waals surface area contributed by atoms with Crippen LogP contribution in [0.1, 0.15) is 16.8 Å². The third-order valence-corrected chi connectivity index (χ3v) is 4.08. The van der Waals surface area contributed by atoms with Gasteiger partial charge in [0, 0.05) is 12.3 Å². The van der Waals surface area contributed by atoms with Crippen LogP contribution < -0.4 is 5.32 Å². The predicted molar refractivity (Wildman–Crippen MR) is 65.6 cm³/mol. The first kappa shape index (κ1) is 13.3. The molecule has 0 saturated carbocycles. The van der Waals surface area contributed by atoms with Crippen LogP contribution in [-0.4, -0.2) is 34.7 Å². The van der Waals surface area contributed by atoms with E-state index in [0.717, 1.165) is 17.9 Å². The number of benzene rings is 1. The number of aliphatic hydroxyl groups is 1. The second kappa shape index (κ2) is 5.24. The maximum atomic E-state index is 13.3. The van der Waals surface area contributed by atoms with Gasteiger partial charge in [0.1, 0.15) is 17.2 Å². The zero-order valence-corrected chi connectivity index (χ0v) is 10.4. The molecule has 1 saturated heterocycles. The second-order valence-corrected chi connectivity index (χ2v) is 5.41. The molecule has 0 bridgehead atoms. The van der Waals surface area contributed by atoms with Gasteiger partial charge in [-0.1, -0.05) is 6.07 Å². The predicted octanol–water partition coefficient (Wildman–Crippen LogP) is 1.56. The fourth-order valence-electron chi connectivity index (χ4n) is 1.78. The van der Waals surface area contributed by atoms with E-state index in [1.54, 1.807) is 11.8 Å². The van der Waals surface area contributed by atoms with E-state index in [2.05, 4.69) is 5.32 Å². The molecule has 2 N–H and O–H groups in total. The summed E-state index contributed by atoms with van der Waals surface area (Å²) >= 11 is 1.59. The van der Waals surface area contributed by atoms with E-state index in [-0.39, 0.29) is 6.54 Å². The molecule has 1 heterocycles. The Morgan fingerprint density at radius 1 is 1.44 bits per heavy atom. The average Bonchev–Trinajstić information content (AvgIpc) is 2.74. The van der Waals surface area contributed by atoms with Gasteiger partial charge in [0.25, 0.3) is 5.91 Å². The maximum absolute atomic E-state index is 13.3. The lowest BCUT2D eigenvalue weighted by atomic mass is 10.0. The van der Waals surface area contributed by atoms with Crippen LogP contribution in [0, 0.1) is 11.6 Å². The normalized spacial score (nSPS) is 23.1. The molecule has 1 aromatic carbocycles. The smallest absolute Gasteiger partial charge is 0.257 e. The molecular weight excluding hydrogens is 260 g/mol. The minimum absolute atomic E-state index is 0.00656. The minimum Gasteiger partial charge on any atom is -0.387 e. The molecule has 1 aliphatic heterocycles. The summed E-state index contributed by atoms with van der Waals surface area (Å²) in [5, 5.41) is 12.4. The number of halogens is 2. The molecule has 0 aromatic heterocycles. The average molecular weight is 273 g/mol. The molecule has 6 heteroatoms. The lowest BCUT2D eigenvalue weighted by Crippen LogP contribution is -2.43. The largest absolute Gasteiger partial charge is 0.387 e. The summed E-state index contributed by atoms with van der Waals surface area (Å²) in [4.78, 5) is 11.7. The van der Waals surface area contributed by atoms with E-state index in [1.165, 1.54) is 6.07 Å². The molecule has 1 aromatic rings. The fourth-order valence-corrected chi connectivity index (χ4v) is 3.08. The molecule has 0 spiro atoms. The van der Waals surface area contributed by atoms with Crippen LogP contribution in [0.5, 0.6) is 0 Å². The lowest BCUT2D eigenvalue weighted by Gasteiger charge is -2.21. The van der Waals surface area contributed by atoms with E-state index in [1.807, 2.05) is 0 Å². The van der Waals surface area contributed by atoms with Crippen LogP contribution in [-0.2, 0) is 0 Å². The lowest BCUT2D eigenvalue weighted by molar-refractivity contribution is 0.0609. The highest BCUT2D eigenvalue weighted by atomic mass is 32.2. The Labute approximate surface area is 108 Å². The van der Waals surface area contributed by atoms with Crippen molar-refractivity contribution in [3.05, 3.63) is 35.4 Å². The fraction of sp³-hybridized carbons (Fsp3) is 0.417. The molecule has 1 aliphatic rings. The number of carbonyl (C=O) groups excluding carboxylic acids is 1. The monoisotopic (exact) mass is 273 g/mol. The summed E-state index contributed by atoms with van der Waals surface area (Å²) in [6.45, 7) is 0.00656. The summed E-state index contributed by atoms with van der Waals surface area (Å²) in [6, 6.07) is 3.25. The molecule has 2 rings (SSSR count). The van der Waals surface area contributed by atoms with Gasteiger partial charge in [-0.05, 0) is 24.3 Å². The van der Waals surface area contributed by atoms with Crippen molar-refractivity contribution in [1.82, 2.24) is 5.32 Å². The van der Waals surface area contributed by atoms with Gasteiger partial charge in [0.05, 0.1) is 5.60 Å².